The van der Waals surface area contributed by atoms with Crippen molar-refractivity contribution in [2.24, 2.45) is 0 Å². The van der Waals surface area contributed by atoms with E-state index in [-0.39, 0.29) is 41.0 Å². The molecule has 4 heterocycles. The highest BCUT2D eigenvalue weighted by molar-refractivity contribution is 7.18. The van der Waals surface area contributed by atoms with Gasteiger partial charge >= 0.3 is 12.1 Å². The summed E-state index contributed by atoms with van der Waals surface area (Å²) >= 11 is 8.49. The Morgan fingerprint density at radius 3 is 2.61 bits per heavy atom. The van der Waals surface area contributed by atoms with E-state index in [1.807, 2.05) is 0 Å². The van der Waals surface area contributed by atoms with Crippen molar-refractivity contribution in [2.45, 2.75) is 26.6 Å². The Hall–Kier alpha value is -4.84. The number of nitriles is 1. The number of alkyl halides is 3. The number of carboxylic acid groups (broad SMARTS) is 1. The molecule has 9 nitrogen and oxygen atoms in total. The third kappa shape index (κ3) is 5.46. The van der Waals surface area contributed by atoms with Crippen molar-refractivity contribution in [3.8, 4) is 34.1 Å². The van der Waals surface area contributed by atoms with Crippen LogP contribution in [0.15, 0.2) is 52.1 Å². The van der Waals surface area contributed by atoms with E-state index in [2.05, 4.69) is 14.3 Å². The molecule has 0 unspecified atom stereocenters. The van der Waals surface area contributed by atoms with Gasteiger partial charge in [-0.1, -0.05) is 11.6 Å². The number of fused-ring (bicyclic) bond motifs is 2. The highest BCUT2D eigenvalue weighted by atomic mass is 35.5. The summed E-state index contributed by atoms with van der Waals surface area (Å²) in [5.41, 5.74) is -0.587. The molecule has 0 amide bonds. The van der Waals surface area contributed by atoms with Crippen LogP contribution < -0.4 is 10.3 Å². The van der Waals surface area contributed by atoms with E-state index >= 15 is 0 Å². The number of aromatic nitrogens is 4. The van der Waals surface area contributed by atoms with Gasteiger partial charge in [0.1, 0.15) is 24.3 Å². The van der Waals surface area contributed by atoms with Gasteiger partial charge in [0, 0.05) is 49.9 Å². The lowest BCUT2D eigenvalue weighted by atomic mass is 9.93. The van der Waals surface area contributed by atoms with Crippen LogP contribution >= 0.6 is 34.5 Å². The third-order valence-electron chi connectivity index (χ3n) is 7.26. The van der Waals surface area contributed by atoms with Gasteiger partial charge in [-0.2, -0.15) is 18.4 Å². The fourth-order valence-electron chi connectivity index (χ4n) is 5.29. The molecule has 0 saturated carbocycles. The predicted molar refractivity (Wildman–Crippen MR) is 169 cm³/mol. The van der Waals surface area contributed by atoms with Crippen LogP contribution in [0.4, 0.5) is 13.2 Å². The Bertz CT molecular complexity index is 2290. The molecule has 6 rings (SSSR count). The maximum atomic E-state index is 14.1. The Kier molecular flexibility index (Phi) is 8.01. The average Bonchev–Trinajstić information content (AvgIpc) is 3.68. The van der Waals surface area contributed by atoms with Gasteiger partial charge in [-0.3, -0.25) is 14.3 Å². The number of carboxylic acids is 1. The van der Waals surface area contributed by atoms with E-state index in [4.69, 9.17) is 16.3 Å². The lowest BCUT2D eigenvalue weighted by molar-refractivity contribution is -0.137. The minimum Gasteiger partial charge on any atom is -0.491 e. The Labute approximate surface area is 270 Å². The highest BCUT2D eigenvalue weighted by Gasteiger charge is 2.37. The number of rotatable bonds is 7. The zero-order chi connectivity index (χ0) is 32.9. The summed E-state index contributed by atoms with van der Waals surface area (Å²) in [6.07, 6.45) is -3.60. The lowest BCUT2D eigenvalue weighted by Gasteiger charge is -2.18. The number of carbonyl (C=O) groups is 1. The molecule has 0 atom stereocenters. The van der Waals surface area contributed by atoms with Crippen LogP contribution in [0.3, 0.4) is 0 Å². The summed E-state index contributed by atoms with van der Waals surface area (Å²) in [5.74, 6) is -0.581. The summed E-state index contributed by atoms with van der Waals surface area (Å²) in [5, 5.41) is 22.7. The first-order valence-corrected chi connectivity index (χ1v) is 15.5. The van der Waals surface area contributed by atoms with E-state index in [0.29, 0.717) is 37.8 Å². The average molecular weight is 682 g/mol. The van der Waals surface area contributed by atoms with E-state index in [0.717, 1.165) is 17.6 Å². The quantitative estimate of drug-likeness (QED) is 0.181. The predicted octanol–water partition coefficient (Wildman–Crippen LogP) is 7.73. The van der Waals surface area contributed by atoms with Crippen molar-refractivity contribution >= 4 is 61.6 Å². The zero-order valence-corrected chi connectivity index (χ0v) is 26.2. The van der Waals surface area contributed by atoms with Crippen LogP contribution in [0, 0.1) is 25.2 Å². The van der Waals surface area contributed by atoms with Gasteiger partial charge in [0.25, 0.3) is 5.56 Å². The molecule has 4 aromatic heterocycles. The maximum absolute atomic E-state index is 14.1. The van der Waals surface area contributed by atoms with Gasteiger partial charge in [-0.05, 0) is 55.7 Å². The standard InChI is InChI=1S/C31H19ClF3N5O4S2/c1-14-7-19(28-27(38-14)21(13-45-28)30(42)43)18-8-17(32)3-4-24(18)44-6-5-40-15(2)39-23-9-22(31(33,34)35)25(16-11-37-46-12-16)20(10-36)26(23)29(40)41/h3-4,7-9,11-13H,5-6H2,1-2H3,(H,42,43). The Balaban J connectivity index is 1.40. The van der Waals surface area contributed by atoms with Crippen molar-refractivity contribution in [1.82, 2.24) is 18.9 Å². The minimum atomic E-state index is -4.82. The van der Waals surface area contributed by atoms with E-state index in [9.17, 15) is 33.1 Å². The SMILES string of the molecule is Cc1cc(-c2cc(Cl)ccc2OCCn2c(C)nc3cc(C(F)(F)F)c(-c4cnsc4)c(C#N)c3c2=O)c2scc(C(=O)O)c2n1. The number of benzene rings is 2. The molecule has 0 spiro atoms. The monoisotopic (exact) mass is 681 g/mol. The number of thiophene rings is 1. The molecule has 1 N–H and O–H groups in total. The Morgan fingerprint density at radius 1 is 1.15 bits per heavy atom. The second kappa shape index (κ2) is 11.8. The number of aromatic carboxylic acids is 1. The number of halogens is 4. The molecule has 0 aliphatic heterocycles. The fraction of sp³-hybridized carbons (Fsp3) is 0.161. The second-order valence-electron chi connectivity index (χ2n) is 10.1. The van der Waals surface area contributed by atoms with E-state index in [1.165, 1.54) is 39.8 Å². The molecule has 232 valence electrons. The molecule has 0 aliphatic rings. The molecule has 6 aromatic rings. The summed E-state index contributed by atoms with van der Waals surface area (Å²) in [4.78, 5) is 34.2. The number of nitrogens with zero attached hydrogens (tertiary/aromatic N) is 5. The van der Waals surface area contributed by atoms with Crippen LogP contribution in [0.25, 0.3) is 43.4 Å². The van der Waals surface area contributed by atoms with E-state index < -0.39 is 34.4 Å². The first-order chi connectivity index (χ1) is 21.9. The van der Waals surface area contributed by atoms with Crippen molar-refractivity contribution in [2.75, 3.05) is 6.61 Å². The number of aryl methyl sites for hydroxylation is 2. The topological polar surface area (TPSA) is 131 Å². The Morgan fingerprint density at radius 2 is 1.93 bits per heavy atom. The van der Waals surface area contributed by atoms with Gasteiger partial charge in [-0.15, -0.1) is 11.3 Å². The van der Waals surface area contributed by atoms with Crippen molar-refractivity contribution in [3.05, 3.63) is 90.9 Å². The zero-order valence-electron chi connectivity index (χ0n) is 23.8. The van der Waals surface area contributed by atoms with E-state index in [1.54, 1.807) is 37.3 Å². The van der Waals surface area contributed by atoms with Crippen LogP contribution in [0.2, 0.25) is 5.02 Å². The van der Waals surface area contributed by atoms with Gasteiger partial charge in [0.15, 0.2) is 0 Å². The van der Waals surface area contributed by atoms with Gasteiger partial charge in [0.2, 0.25) is 0 Å². The van der Waals surface area contributed by atoms with Crippen molar-refractivity contribution in [3.63, 3.8) is 0 Å². The maximum Gasteiger partial charge on any atom is 0.417 e. The van der Waals surface area contributed by atoms with Crippen LogP contribution in [0.1, 0.15) is 33.0 Å². The number of pyridine rings is 1. The highest BCUT2D eigenvalue weighted by Crippen LogP contribution is 2.42. The van der Waals surface area contributed by atoms with Crippen LogP contribution in [-0.2, 0) is 12.7 Å². The molecule has 0 radical (unpaired) electrons. The summed E-state index contributed by atoms with van der Waals surface area (Å²) in [6.45, 7) is 3.11. The summed E-state index contributed by atoms with van der Waals surface area (Å²) < 4.78 is 54.2. The molecule has 0 fully saturated rings. The lowest BCUT2D eigenvalue weighted by Crippen LogP contribution is -2.27. The molecule has 2 aromatic carbocycles. The van der Waals surface area contributed by atoms with Crippen LogP contribution in [0.5, 0.6) is 5.75 Å². The summed E-state index contributed by atoms with van der Waals surface area (Å²) in [7, 11) is 0. The molecule has 0 saturated heterocycles. The molecule has 15 heteroatoms. The first-order valence-electron chi connectivity index (χ1n) is 13.4. The molecule has 46 heavy (non-hydrogen) atoms. The van der Waals surface area contributed by atoms with Crippen molar-refractivity contribution in [1.29, 1.82) is 5.26 Å². The largest absolute Gasteiger partial charge is 0.491 e. The molecule has 0 bridgehead atoms. The van der Waals surface area contributed by atoms with Gasteiger partial charge in [0.05, 0.1) is 44.4 Å². The van der Waals surface area contributed by atoms with Gasteiger partial charge in [-0.25, -0.2) is 14.2 Å². The third-order valence-corrected chi connectivity index (χ3v) is 9.09. The normalized spacial score (nSPS) is 11.7. The first kappa shape index (κ1) is 31.2. The molecule has 0 aliphatic carbocycles. The second-order valence-corrected chi connectivity index (χ2v) is 12.1. The number of hydrogen-bond donors (Lipinski definition) is 1. The summed E-state index contributed by atoms with van der Waals surface area (Å²) in [6, 6.07) is 9.34. The molecular weight excluding hydrogens is 663 g/mol. The fourth-order valence-corrected chi connectivity index (χ4v) is 7.00. The van der Waals surface area contributed by atoms with Gasteiger partial charge < -0.3 is 9.84 Å². The molecular formula is C31H19ClF3N5O4S2. The van der Waals surface area contributed by atoms with Crippen LogP contribution in [-0.4, -0.2) is 36.6 Å². The minimum absolute atomic E-state index is 0.0517. The van der Waals surface area contributed by atoms with Crippen molar-refractivity contribution < 1.29 is 27.8 Å². The number of hydrogen-bond acceptors (Lipinski definition) is 9. The number of ether oxygens (including phenoxy) is 1. The smallest absolute Gasteiger partial charge is 0.417 e.